The number of nitrogens with zero attached hydrogens (tertiary/aromatic N) is 2. The predicted molar refractivity (Wildman–Crippen MR) is 116 cm³/mol. The maximum absolute atomic E-state index is 12.4. The number of anilines is 1. The topological polar surface area (TPSA) is 111 Å². The number of hydrogen-bond acceptors (Lipinski definition) is 5. The van der Waals surface area contributed by atoms with Crippen LogP contribution in [0.4, 0.5) is 5.69 Å². The Kier molecular flexibility index (Phi) is 4.71. The summed E-state index contributed by atoms with van der Waals surface area (Å²) in [6.45, 7) is 2.27. The Bertz CT molecular complexity index is 1280. The molecular formula is C25H23N3O4. The van der Waals surface area contributed by atoms with Gasteiger partial charge < -0.3 is 25.6 Å². The van der Waals surface area contributed by atoms with E-state index in [9.17, 15) is 19.8 Å². The van der Waals surface area contributed by atoms with Crippen LogP contribution in [0.25, 0.3) is 16.3 Å². The zero-order valence-corrected chi connectivity index (χ0v) is 17.6. The summed E-state index contributed by atoms with van der Waals surface area (Å²) in [6.07, 6.45) is 3.44. The van der Waals surface area contributed by atoms with E-state index in [-0.39, 0.29) is 17.6 Å². The van der Waals surface area contributed by atoms with E-state index in [1.807, 2.05) is 59.4 Å². The summed E-state index contributed by atoms with van der Waals surface area (Å²) in [7, 11) is 0. The molecule has 32 heavy (non-hydrogen) atoms. The SMILES string of the molecule is C[C@@H](O)[C@H]1C(=O)N2C(C(=O)[O-])=C(c3ccc4cc(C[n+]5ccc(N)cc5)ccc4c3)C[C@H]12. The van der Waals surface area contributed by atoms with E-state index in [2.05, 4.69) is 6.07 Å². The molecule has 3 atom stereocenters. The van der Waals surface area contributed by atoms with Gasteiger partial charge in [0.15, 0.2) is 18.9 Å². The molecule has 5 rings (SSSR count). The maximum Gasteiger partial charge on any atom is 0.235 e. The number of aliphatic hydroxyl groups is 1. The summed E-state index contributed by atoms with van der Waals surface area (Å²) >= 11 is 0. The summed E-state index contributed by atoms with van der Waals surface area (Å²) in [4.78, 5) is 25.6. The number of nitrogen functional groups attached to an aromatic ring is 1. The number of carbonyl (C=O) groups excluding carboxylic acids is 2. The van der Waals surface area contributed by atoms with Gasteiger partial charge in [-0.3, -0.25) is 4.79 Å². The van der Waals surface area contributed by atoms with Crippen LogP contribution in [0.3, 0.4) is 0 Å². The molecule has 0 radical (unpaired) electrons. The number of carboxylic acid groups (broad SMARTS) is 1. The van der Waals surface area contributed by atoms with Crippen LogP contribution in [0.2, 0.25) is 0 Å². The Morgan fingerprint density at radius 2 is 1.88 bits per heavy atom. The fraction of sp³-hybridized carbons (Fsp3) is 0.240. The van der Waals surface area contributed by atoms with E-state index in [1.165, 1.54) is 4.90 Å². The number of aliphatic hydroxyl groups excluding tert-OH is 1. The third-order valence-electron chi connectivity index (χ3n) is 6.46. The van der Waals surface area contributed by atoms with Crippen molar-refractivity contribution >= 4 is 33.9 Å². The molecule has 162 valence electrons. The van der Waals surface area contributed by atoms with Gasteiger partial charge in [-0.05, 0) is 47.4 Å². The number of β-lactam (4-membered cyclic amide) rings is 1. The molecule has 2 aromatic carbocycles. The fourth-order valence-electron chi connectivity index (χ4n) is 4.88. The molecule has 1 saturated heterocycles. The summed E-state index contributed by atoms with van der Waals surface area (Å²) in [5.41, 5.74) is 8.85. The van der Waals surface area contributed by atoms with Crippen molar-refractivity contribution in [2.24, 2.45) is 5.92 Å². The van der Waals surface area contributed by atoms with Crippen molar-refractivity contribution in [1.82, 2.24) is 4.90 Å². The van der Waals surface area contributed by atoms with Crippen molar-refractivity contribution in [3.05, 3.63) is 77.7 Å². The molecule has 7 heteroatoms. The third-order valence-corrected chi connectivity index (χ3v) is 6.46. The molecule has 0 saturated carbocycles. The number of aromatic nitrogens is 1. The van der Waals surface area contributed by atoms with Gasteiger partial charge in [0.2, 0.25) is 5.91 Å². The smallest absolute Gasteiger partial charge is 0.235 e. The Balaban J connectivity index is 1.46. The lowest BCUT2D eigenvalue weighted by molar-refractivity contribution is -0.688. The number of nitrogens with two attached hydrogens (primary N) is 1. The van der Waals surface area contributed by atoms with E-state index in [0.29, 0.717) is 18.5 Å². The van der Waals surface area contributed by atoms with Crippen LogP contribution in [0.5, 0.6) is 0 Å². The predicted octanol–water partition coefficient (Wildman–Crippen LogP) is 0.830. The fourth-order valence-corrected chi connectivity index (χ4v) is 4.88. The van der Waals surface area contributed by atoms with Gasteiger partial charge >= 0.3 is 0 Å². The van der Waals surface area contributed by atoms with Gasteiger partial charge in [0.1, 0.15) is 0 Å². The number of pyridine rings is 1. The minimum absolute atomic E-state index is 0.0763. The van der Waals surface area contributed by atoms with Gasteiger partial charge in [0.05, 0.1) is 29.7 Å². The summed E-state index contributed by atoms with van der Waals surface area (Å²) in [5, 5.41) is 23.8. The van der Waals surface area contributed by atoms with Crippen LogP contribution in [0.1, 0.15) is 24.5 Å². The van der Waals surface area contributed by atoms with Crippen LogP contribution in [0.15, 0.2) is 66.6 Å². The van der Waals surface area contributed by atoms with E-state index < -0.39 is 18.0 Å². The number of fused-ring (bicyclic) bond motifs is 2. The zero-order chi connectivity index (χ0) is 22.6. The van der Waals surface area contributed by atoms with Crippen molar-refractivity contribution in [2.45, 2.75) is 32.0 Å². The summed E-state index contributed by atoms with van der Waals surface area (Å²) in [5.74, 6) is -2.30. The highest BCUT2D eigenvalue weighted by atomic mass is 16.4. The monoisotopic (exact) mass is 429 g/mol. The largest absolute Gasteiger partial charge is 0.543 e. The molecule has 2 aliphatic heterocycles. The Morgan fingerprint density at radius 3 is 2.56 bits per heavy atom. The van der Waals surface area contributed by atoms with Crippen LogP contribution in [-0.2, 0) is 16.1 Å². The van der Waals surface area contributed by atoms with Gasteiger partial charge in [-0.15, -0.1) is 0 Å². The van der Waals surface area contributed by atoms with Gasteiger partial charge in [0.25, 0.3) is 0 Å². The molecule has 7 nitrogen and oxygen atoms in total. The average Bonchev–Trinajstić information content (AvgIpc) is 3.10. The number of benzene rings is 2. The van der Waals surface area contributed by atoms with Crippen LogP contribution in [0, 0.1) is 5.92 Å². The highest BCUT2D eigenvalue weighted by Crippen LogP contribution is 2.46. The second kappa shape index (κ2) is 7.46. The molecule has 1 aromatic heterocycles. The van der Waals surface area contributed by atoms with Crippen molar-refractivity contribution in [2.75, 3.05) is 5.73 Å². The van der Waals surface area contributed by atoms with Crippen molar-refractivity contribution in [3.63, 3.8) is 0 Å². The van der Waals surface area contributed by atoms with Crippen LogP contribution < -0.4 is 15.4 Å². The van der Waals surface area contributed by atoms with E-state index in [1.54, 1.807) is 6.92 Å². The highest BCUT2D eigenvalue weighted by Gasteiger charge is 2.55. The zero-order valence-electron chi connectivity index (χ0n) is 17.6. The first kappa shape index (κ1) is 20.2. The third kappa shape index (κ3) is 3.22. The summed E-state index contributed by atoms with van der Waals surface area (Å²) < 4.78 is 2.04. The molecule has 1 amide bonds. The molecular weight excluding hydrogens is 406 g/mol. The van der Waals surface area contributed by atoms with Crippen LogP contribution in [-0.4, -0.2) is 34.0 Å². The number of rotatable bonds is 5. The second-order valence-corrected chi connectivity index (χ2v) is 8.56. The molecule has 0 bridgehead atoms. The number of aliphatic carboxylic acids is 1. The lowest BCUT2D eigenvalue weighted by Gasteiger charge is -2.45. The first-order valence-corrected chi connectivity index (χ1v) is 10.6. The first-order valence-electron chi connectivity index (χ1n) is 10.6. The first-order chi connectivity index (χ1) is 15.3. The normalized spacial score (nSPS) is 20.9. The van der Waals surface area contributed by atoms with Gasteiger partial charge in [0, 0.05) is 23.4 Å². The molecule has 3 aromatic rings. The van der Waals surface area contributed by atoms with E-state index in [4.69, 9.17) is 5.73 Å². The summed E-state index contributed by atoms with van der Waals surface area (Å²) in [6, 6.07) is 15.3. The molecule has 1 fully saturated rings. The van der Waals surface area contributed by atoms with Crippen molar-refractivity contribution < 1.29 is 24.4 Å². The Labute approximate surface area is 185 Å². The minimum Gasteiger partial charge on any atom is -0.543 e. The van der Waals surface area contributed by atoms with E-state index in [0.717, 1.165) is 27.6 Å². The quantitative estimate of drug-likeness (QED) is 0.461. The van der Waals surface area contributed by atoms with Gasteiger partial charge in [-0.25, -0.2) is 4.57 Å². The van der Waals surface area contributed by atoms with Crippen molar-refractivity contribution in [1.29, 1.82) is 0 Å². The number of carboxylic acids is 1. The van der Waals surface area contributed by atoms with Gasteiger partial charge in [-0.1, -0.05) is 24.3 Å². The molecule has 3 heterocycles. The maximum atomic E-state index is 12.4. The second-order valence-electron chi connectivity index (χ2n) is 8.56. The van der Waals surface area contributed by atoms with Crippen molar-refractivity contribution in [3.8, 4) is 0 Å². The molecule has 3 N–H and O–H groups in total. The van der Waals surface area contributed by atoms with Crippen LogP contribution >= 0.6 is 0 Å². The molecule has 0 spiro atoms. The van der Waals surface area contributed by atoms with E-state index >= 15 is 0 Å². The number of amides is 1. The minimum atomic E-state index is -1.36. The molecule has 0 aliphatic carbocycles. The highest BCUT2D eigenvalue weighted by molar-refractivity contribution is 6.06. The lowest BCUT2D eigenvalue weighted by Crippen LogP contribution is -2.62. The Morgan fingerprint density at radius 1 is 1.19 bits per heavy atom. The van der Waals surface area contributed by atoms with Gasteiger partial charge in [-0.2, -0.15) is 0 Å². The molecule has 2 aliphatic rings. The lowest BCUT2D eigenvalue weighted by atomic mass is 9.82. The number of carbonyl (C=O) groups is 2. The Hall–Kier alpha value is -3.71. The standard InChI is InChI=1S/C25H23N3O4/c1-14(29)22-21-12-20(23(25(31)32)28(21)24(22)30)18-5-4-16-10-15(2-3-17(16)11-18)13-27-8-6-19(26)7-9-27/h2-11,14,21-22,26,29H,12-13H2,1H3,(H,31,32)/t14-,21-,22-/m1/s1. The molecule has 0 unspecified atom stereocenters. The number of hydrogen-bond donors (Lipinski definition) is 2. The average molecular weight is 429 g/mol.